The highest BCUT2D eigenvalue weighted by Gasteiger charge is 2.18. The third-order valence-corrected chi connectivity index (χ3v) is 6.43. The third-order valence-electron chi connectivity index (χ3n) is 6.07. The molecule has 0 radical (unpaired) electrons. The van der Waals surface area contributed by atoms with Gasteiger partial charge in [-0.25, -0.2) is 0 Å². The molecule has 0 aliphatic carbocycles. The molecule has 0 bridgehead atoms. The molecule has 0 amide bonds. The van der Waals surface area contributed by atoms with Crippen molar-refractivity contribution in [3.05, 3.63) is 58.7 Å². The van der Waals surface area contributed by atoms with Crippen molar-refractivity contribution >= 4 is 28.7 Å². The Morgan fingerprint density at radius 2 is 2.00 bits per heavy atom. The summed E-state index contributed by atoms with van der Waals surface area (Å²) >= 11 is 5.88. The van der Waals surface area contributed by atoms with E-state index in [2.05, 4.69) is 72.3 Å². The molecule has 4 nitrogen and oxygen atoms in total. The van der Waals surface area contributed by atoms with Crippen LogP contribution in [0.25, 0.3) is 0 Å². The minimum Gasteiger partial charge on any atom is -0.382 e. The zero-order valence-corrected chi connectivity index (χ0v) is 21.1. The SMILES string of the molecule is CCCN1CCCc2cc(CN(CCCOCC)C(=S)Nc3cc(C)ccc3C)ccc21. The largest absolute Gasteiger partial charge is 0.382 e. The maximum absolute atomic E-state index is 5.88. The zero-order chi connectivity index (χ0) is 22.9. The van der Waals surface area contributed by atoms with Gasteiger partial charge in [0.15, 0.2) is 5.11 Å². The van der Waals surface area contributed by atoms with Crippen LogP contribution in [0.5, 0.6) is 0 Å². The van der Waals surface area contributed by atoms with Crippen LogP contribution in [0.1, 0.15) is 55.4 Å². The van der Waals surface area contributed by atoms with Crippen molar-refractivity contribution < 1.29 is 4.74 Å². The first-order chi connectivity index (χ1) is 15.5. The van der Waals surface area contributed by atoms with Crippen molar-refractivity contribution in [2.75, 3.05) is 43.1 Å². The summed E-state index contributed by atoms with van der Waals surface area (Å²) in [6.45, 7) is 14.0. The maximum atomic E-state index is 5.88. The summed E-state index contributed by atoms with van der Waals surface area (Å²) in [4.78, 5) is 4.82. The van der Waals surface area contributed by atoms with E-state index in [0.29, 0.717) is 0 Å². The summed E-state index contributed by atoms with van der Waals surface area (Å²) in [5.41, 5.74) is 7.74. The topological polar surface area (TPSA) is 27.7 Å². The highest BCUT2D eigenvalue weighted by Crippen LogP contribution is 2.29. The molecule has 0 aromatic heterocycles. The standard InChI is InChI=1S/C27H39N3OS/c1-5-14-29-15-7-9-24-19-23(12-13-26(24)29)20-30(16-8-17-31-6-2)27(32)28-25-18-21(3)10-11-22(25)4/h10-13,18-19H,5-9,14-17,20H2,1-4H3,(H,28,32). The normalized spacial score (nSPS) is 13.1. The average Bonchev–Trinajstić information content (AvgIpc) is 2.78. The molecule has 0 unspecified atom stereocenters. The number of ether oxygens (including phenoxy) is 1. The number of rotatable bonds is 10. The van der Waals surface area contributed by atoms with E-state index in [0.717, 1.165) is 50.1 Å². The number of fused-ring (bicyclic) bond motifs is 1. The lowest BCUT2D eigenvalue weighted by atomic mass is 9.99. The van der Waals surface area contributed by atoms with Gasteiger partial charge in [-0.15, -0.1) is 0 Å². The first kappa shape index (κ1) is 24.5. The van der Waals surface area contributed by atoms with Gasteiger partial charge < -0.3 is 19.9 Å². The van der Waals surface area contributed by atoms with E-state index in [4.69, 9.17) is 17.0 Å². The van der Waals surface area contributed by atoms with E-state index < -0.39 is 0 Å². The predicted octanol–water partition coefficient (Wildman–Crippen LogP) is 6.09. The second-order valence-corrected chi connectivity index (χ2v) is 9.16. The maximum Gasteiger partial charge on any atom is 0.173 e. The zero-order valence-electron chi connectivity index (χ0n) is 20.2. The van der Waals surface area contributed by atoms with E-state index in [-0.39, 0.29) is 0 Å². The predicted molar refractivity (Wildman–Crippen MR) is 141 cm³/mol. The summed E-state index contributed by atoms with van der Waals surface area (Å²) in [5.74, 6) is 0. The van der Waals surface area contributed by atoms with Crippen LogP contribution in [0.15, 0.2) is 36.4 Å². The van der Waals surface area contributed by atoms with Crippen LogP contribution in [0.3, 0.4) is 0 Å². The van der Waals surface area contributed by atoms with Crippen LogP contribution in [0.4, 0.5) is 11.4 Å². The molecule has 1 aliphatic heterocycles. The second kappa shape index (κ2) is 12.2. The van der Waals surface area contributed by atoms with Crippen molar-refractivity contribution in [3.8, 4) is 0 Å². The number of nitrogens with one attached hydrogen (secondary N) is 1. The van der Waals surface area contributed by atoms with Crippen molar-refractivity contribution in [1.29, 1.82) is 0 Å². The van der Waals surface area contributed by atoms with E-state index >= 15 is 0 Å². The number of hydrogen-bond donors (Lipinski definition) is 1. The van der Waals surface area contributed by atoms with Crippen LogP contribution in [0, 0.1) is 13.8 Å². The molecule has 1 aliphatic rings. The molecule has 0 atom stereocenters. The molecule has 0 spiro atoms. The molecule has 0 saturated carbocycles. The number of thiocarbonyl (C=S) groups is 1. The lowest BCUT2D eigenvalue weighted by molar-refractivity contribution is 0.139. The Morgan fingerprint density at radius 1 is 1.16 bits per heavy atom. The molecular formula is C27H39N3OS. The molecule has 174 valence electrons. The Labute approximate surface area is 199 Å². The molecule has 2 aromatic rings. The summed E-state index contributed by atoms with van der Waals surface area (Å²) in [5, 5.41) is 4.28. The first-order valence-corrected chi connectivity index (χ1v) is 12.5. The summed E-state index contributed by atoms with van der Waals surface area (Å²) in [7, 11) is 0. The molecule has 32 heavy (non-hydrogen) atoms. The summed E-state index contributed by atoms with van der Waals surface area (Å²) < 4.78 is 5.58. The fraction of sp³-hybridized carbons (Fsp3) is 0.519. The molecule has 1 heterocycles. The minimum absolute atomic E-state index is 0.754. The molecule has 3 rings (SSSR count). The smallest absolute Gasteiger partial charge is 0.173 e. The molecular weight excluding hydrogens is 414 g/mol. The average molecular weight is 454 g/mol. The summed E-state index contributed by atoms with van der Waals surface area (Å²) in [6.07, 6.45) is 4.55. The number of aryl methyl sites for hydroxylation is 3. The van der Waals surface area contributed by atoms with Crippen molar-refractivity contribution in [1.82, 2.24) is 4.90 Å². The third kappa shape index (κ3) is 6.69. The lowest BCUT2D eigenvalue weighted by Gasteiger charge is -2.32. The van der Waals surface area contributed by atoms with Crippen LogP contribution in [-0.2, 0) is 17.7 Å². The number of nitrogens with zero attached hydrogens (tertiary/aromatic N) is 2. The molecule has 5 heteroatoms. The quantitative estimate of drug-likeness (QED) is 0.347. The van der Waals surface area contributed by atoms with Crippen molar-refractivity contribution in [3.63, 3.8) is 0 Å². The number of hydrogen-bond acceptors (Lipinski definition) is 3. The Kier molecular flexibility index (Phi) is 9.36. The van der Waals surface area contributed by atoms with Crippen molar-refractivity contribution in [2.45, 2.75) is 59.9 Å². The van der Waals surface area contributed by atoms with Gasteiger partial charge in [0.05, 0.1) is 0 Å². The van der Waals surface area contributed by atoms with Crippen LogP contribution < -0.4 is 10.2 Å². The van der Waals surface area contributed by atoms with Gasteiger partial charge in [0.2, 0.25) is 0 Å². The fourth-order valence-corrected chi connectivity index (χ4v) is 4.63. The van der Waals surface area contributed by atoms with Gasteiger partial charge in [-0.1, -0.05) is 31.2 Å². The van der Waals surface area contributed by atoms with Gasteiger partial charge >= 0.3 is 0 Å². The Bertz CT molecular complexity index is 898. The van der Waals surface area contributed by atoms with Gasteiger partial charge in [-0.2, -0.15) is 0 Å². The fourth-order valence-electron chi connectivity index (χ4n) is 4.37. The van der Waals surface area contributed by atoms with Crippen LogP contribution in [0.2, 0.25) is 0 Å². The molecule has 2 aromatic carbocycles. The van der Waals surface area contributed by atoms with Gasteiger partial charge in [0.25, 0.3) is 0 Å². The number of benzene rings is 2. The lowest BCUT2D eigenvalue weighted by Crippen LogP contribution is -2.36. The van der Waals surface area contributed by atoms with Gasteiger partial charge in [0.1, 0.15) is 0 Å². The highest BCUT2D eigenvalue weighted by atomic mass is 32.1. The Balaban J connectivity index is 1.75. The van der Waals surface area contributed by atoms with E-state index in [9.17, 15) is 0 Å². The molecule has 0 saturated heterocycles. The van der Waals surface area contributed by atoms with E-state index in [1.165, 1.54) is 53.7 Å². The molecule has 1 N–H and O–H groups in total. The number of anilines is 2. The van der Waals surface area contributed by atoms with E-state index in [1.54, 1.807) is 0 Å². The van der Waals surface area contributed by atoms with Crippen LogP contribution in [-0.4, -0.2) is 42.9 Å². The van der Waals surface area contributed by atoms with Crippen molar-refractivity contribution in [2.24, 2.45) is 0 Å². The minimum atomic E-state index is 0.754. The van der Waals surface area contributed by atoms with Gasteiger partial charge in [-0.3, -0.25) is 0 Å². The summed E-state index contributed by atoms with van der Waals surface area (Å²) in [6, 6.07) is 13.4. The highest BCUT2D eigenvalue weighted by molar-refractivity contribution is 7.80. The molecule has 0 fully saturated rings. The van der Waals surface area contributed by atoms with Gasteiger partial charge in [-0.05, 0) is 93.1 Å². The Morgan fingerprint density at radius 3 is 2.78 bits per heavy atom. The van der Waals surface area contributed by atoms with E-state index in [1.807, 2.05) is 6.92 Å². The van der Waals surface area contributed by atoms with Gasteiger partial charge in [0, 0.05) is 50.8 Å². The first-order valence-electron chi connectivity index (χ1n) is 12.1. The second-order valence-electron chi connectivity index (χ2n) is 8.77. The Hall–Kier alpha value is -2.11. The monoisotopic (exact) mass is 453 g/mol. The van der Waals surface area contributed by atoms with Crippen LogP contribution >= 0.6 is 12.2 Å².